The van der Waals surface area contributed by atoms with Crippen LogP contribution in [0.2, 0.25) is 0 Å². The Morgan fingerprint density at radius 1 is 1.22 bits per heavy atom. The fraction of sp³-hybridized carbons (Fsp3) is 0.600. The van der Waals surface area contributed by atoms with Gasteiger partial charge in [0.1, 0.15) is 5.75 Å². The van der Waals surface area contributed by atoms with Crippen molar-refractivity contribution in [3.05, 3.63) is 29.8 Å². The van der Waals surface area contributed by atoms with Crippen LogP contribution in [0, 0.1) is 5.92 Å². The van der Waals surface area contributed by atoms with Crippen LogP contribution >= 0.6 is 0 Å². The van der Waals surface area contributed by atoms with Gasteiger partial charge < -0.3 is 15.2 Å². The van der Waals surface area contributed by atoms with Crippen LogP contribution in [-0.4, -0.2) is 30.9 Å². The molecule has 1 aromatic rings. The van der Waals surface area contributed by atoms with Gasteiger partial charge in [0.25, 0.3) is 0 Å². The minimum Gasteiger partial charge on any atom is -0.494 e. The van der Waals surface area contributed by atoms with Crippen LogP contribution in [-0.2, 0) is 6.42 Å². The zero-order chi connectivity index (χ0) is 13.4. The Kier molecular flexibility index (Phi) is 6.76. The zero-order valence-corrected chi connectivity index (χ0v) is 11.6. The number of hydrogen-bond donors (Lipinski definition) is 2. The first-order chi connectivity index (χ1) is 8.67. The van der Waals surface area contributed by atoms with Crippen LogP contribution in [0.1, 0.15) is 26.3 Å². The van der Waals surface area contributed by atoms with Crippen molar-refractivity contribution in [1.29, 1.82) is 0 Å². The van der Waals surface area contributed by atoms with Crippen molar-refractivity contribution in [1.82, 2.24) is 5.32 Å². The van der Waals surface area contributed by atoms with Crippen LogP contribution in [0.3, 0.4) is 0 Å². The summed E-state index contributed by atoms with van der Waals surface area (Å²) in [5.41, 5.74) is 1.28. The summed E-state index contributed by atoms with van der Waals surface area (Å²) in [6.07, 6.45) is 0.968. The highest BCUT2D eigenvalue weighted by Gasteiger charge is 2.10. The fourth-order valence-corrected chi connectivity index (χ4v) is 1.83. The molecule has 0 amide bonds. The van der Waals surface area contributed by atoms with Crippen LogP contribution in [0.25, 0.3) is 0 Å². The first-order valence-electron chi connectivity index (χ1n) is 6.73. The molecule has 1 rings (SSSR count). The number of aliphatic hydroxyl groups excluding tert-OH is 1. The smallest absolute Gasteiger partial charge is 0.119 e. The molecule has 0 bridgehead atoms. The van der Waals surface area contributed by atoms with E-state index in [-0.39, 0.29) is 12.6 Å². The number of hydrogen-bond acceptors (Lipinski definition) is 3. The number of nitrogens with one attached hydrogen (secondary N) is 1. The Bertz CT molecular complexity index is 322. The molecule has 102 valence electrons. The van der Waals surface area contributed by atoms with Gasteiger partial charge in [-0.15, -0.1) is 0 Å². The van der Waals surface area contributed by atoms with E-state index in [1.54, 1.807) is 0 Å². The third kappa shape index (κ3) is 5.07. The van der Waals surface area contributed by atoms with Crippen molar-refractivity contribution in [3.63, 3.8) is 0 Å². The highest BCUT2D eigenvalue weighted by atomic mass is 16.5. The van der Waals surface area contributed by atoms with Gasteiger partial charge in [-0.1, -0.05) is 26.0 Å². The van der Waals surface area contributed by atoms with E-state index in [2.05, 4.69) is 31.3 Å². The van der Waals surface area contributed by atoms with Crippen molar-refractivity contribution in [3.8, 4) is 5.75 Å². The van der Waals surface area contributed by atoms with Gasteiger partial charge in [-0.2, -0.15) is 0 Å². The number of benzene rings is 1. The molecule has 1 aromatic carbocycles. The molecule has 0 saturated carbocycles. The molecular formula is C15H25NO2. The molecule has 1 unspecified atom stereocenters. The molecule has 2 N–H and O–H groups in total. The lowest BCUT2D eigenvalue weighted by Gasteiger charge is -2.19. The topological polar surface area (TPSA) is 41.5 Å². The van der Waals surface area contributed by atoms with Gasteiger partial charge in [-0.3, -0.25) is 0 Å². The van der Waals surface area contributed by atoms with Crippen LogP contribution in [0.5, 0.6) is 5.75 Å². The van der Waals surface area contributed by atoms with Crippen molar-refractivity contribution in [2.45, 2.75) is 33.2 Å². The minimum atomic E-state index is 0.188. The Morgan fingerprint density at radius 3 is 2.39 bits per heavy atom. The predicted molar refractivity (Wildman–Crippen MR) is 75.0 cm³/mol. The largest absolute Gasteiger partial charge is 0.494 e. The third-order valence-corrected chi connectivity index (χ3v) is 3.06. The summed E-state index contributed by atoms with van der Waals surface area (Å²) in [5.74, 6) is 1.37. The van der Waals surface area contributed by atoms with E-state index in [0.29, 0.717) is 12.5 Å². The Balaban J connectivity index is 2.34. The maximum absolute atomic E-state index is 9.21. The van der Waals surface area contributed by atoms with Gasteiger partial charge in [0.2, 0.25) is 0 Å². The summed E-state index contributed by atoms with van der Waals surface area (Å²) >= 11 is 0. The molecule has 0 heterocycles. The van der Waals surface area contributed by atoms with Crippen molar-refractivity contribution in [2.24, 2.45) is 5.92 Å². The summed E-state index contributed by atoms with van der Waals surface area (Å²) < 4.78 is 5.40. The maximum atomic E-state index is 9.21. The van der Waals surface area contributed by atoms with Crippen molar-refractivity contribution < 1.29 is 9.84 Å². The van der Waals surface area contributed by atoms with Crippen molar-refractivity contribution in [2.75, 3.05) is 19.8 Å². The van der Waals surface area contributed by atoms with Gasteiger partial charge in [0.15, 0.2) is 0 Å². The SMILES string of the molecule is CCOc1ccc(CCNC(CO)C(C)C)cc1. The Labute approximate surface area is 110 Å². The molecule has 0 aliphatic carbocycles. The first kappa shape index (κ1) is 15.0. The second-order valence-corrected chi connectivity index (χ2v) is 4.81. The zero-order valence-electron chi connectivity index (χ0n) is 11.6. The van der Waals surface area contributed by atoms with Gasteiger partial charge in [-0.25, -0.2) is 0 Å². The van der Waals surface area contributed by atoms with Crippen LogP contribution < -0.4 is 10.1 Å². The summed E-state index contributed by atoms with van der Waals surface area (Å²) in [6, 6.07) is 8.38. The van der Waals surface area contributed by atoms with E-state index in [1.807, 2.05) is 19.1 Å². The lowest BCUT2D eigenvalue weighted by molar-refractivity contribution is 0.212. The quantitative estimate of drug-likeness (QED) is 0.744. The number of aliphatic hydroxyl groups is 1. The van der Waals surface area contributed by atoms with Gasteiger partial charge in [0.05, 0.1) is 13.2 Å². The van der Waals surface area contributed by atoms with Crippen LogP contribution in [0.4, 0.5) is 0 Å². The molecule has 0 fully saturated rings. The molecule has 3 nitrogen and oxygen atoms in total. The maximum Gasteiger partial charge on any atom is 0.119 e. The van der Waals surface area contributed by atoms with E-state index in [4.69, 9.17) is 4.74 Å². The molecule has 0 aromatic heterocycles. The third-order valence-electron chi connectivity index (χ3n) is 3.06. The van der Waals surface area contributed by atoms with Crippen LogP contribution in [0.15, 0.2) is 24.3 Å². The van der Waals surface area contributed by atoms with Gasteiger partial charge in [0, 0.05) is 6.04 Å². The lowest BCUT2D eigenvalue weighted by Crippen LogP contribution is -2.38. The summed E-state index contributed by atoms with van der Waals surface area (Å²) in [6.45, 7) is 8.00. The standard InChI is InChI=1S/C15H25NO2/c1-4-18-14-7-5-13(6-8-14)9-10-16-15(11-17)12(2)3/h5-8,12,15-17H,4,9-11H2,1-3H3. The summed E-state index contributed by atoms with van der Waals surface area (Å²) in [5, 5.41) is 12.6. The highest BCUT2D eigenvalue weighted by molar-refractivity contribution is 5.27. The van der Waals surface area contributed by atoms with E-state index in [0.717, 1.165) is 18.7 Å². The van der Waals surface area contributed by atoms with E-state index >= 15 is 0 Å². The Hall–Kier alpha value is -1.06. The minimum absolute atomic E-state index is 0.188. The average Bonchev–Trinajstić information content (AvgIpc) is 2.36. The first-order valence-corrected chi connectivity index (χ1v) is 6.73. The highest BCUT2D eigenvalue weighted by Crippen LogP contribution is 2.12. The molecule has 1 atom stereocenters. The molecule has 0 aliphatic rings. The lowest BCUT2D eigenvalue weighted by atomic mass is 10.0. The summed E-state index contributed by atoms with van der Waals surface area (Å²) in [7, 11) is 0. The van der Waals surface area contributed by atoms with Gasteiger partial charge in [-0.05, 0) is 43.5 Å². The Morgan fingerprint density at radius 2 is 1.89 bits per heavy atom. The van der Waals surface area contributed by atoms with Crippen molar-refractivity contribution >= 4 is 0 Å². The molecular weight excluding hydrogens is 226 g/mol. The second-order valence-electron chi connectivity index (χ2n) is 4.81. The van der Waals surface area contributed by atoms with E-state index in [9.17, 15) is 5.11 Å². The van der Waals surface area contributed by atoms with E-state index < -0.39 is 0 Å². The number of rotatable bonds is 8. The predicted octanol–water partition coefficient (Wildman–Crippen LogP) is 2.23. The summed E-state index contributed by atoms with van der Waals surface area (Å²) in [4.78, 5) is 0. The fourth-order valence-electron chi connectivity index (χ4n) is 1.83. The average molecular weight is 251 g/mol. The monoisotopic (exact) mass is 251 g/mol. The molecule has 0 spiro atoms. The molecule has 3 heteroatoms. The number of ether oxygens (including phenoxy) is 1. The normalized spacial score (nSPS) is 12.7. The van der Waals surface area contributed by atoms with E-state index in [1.165, 1.54) is 5.56 Å². The molecule has 18 heavy (non-hydrogen) atoms. The molecule has 0 radical (unpaired) electrons. The second kappa shape index (κ2) is 8.11. The molecule has 0 aliphatic heterocycles. The van der Waals surface area contributed by atoms with Gasteiger partial charge >= 0.3 is 0 Å². The molecule has 0 saturated heterocycles.